The van der Waals surface area contributed by atoms with Crippen LogP contribution in [0.3, 0.4) is 0 Å². The largest absolute Gasteiger partial charge is 0.356 e. The van der Waals surface area contributed by atoms with Crippen LogP contribution < -0.4 is 16.0 Å². The van der Waals surface area contributed by atoms with Gasteiger partial charge in [0.2, 0.25) is 11.8 Å². The molecule has 0 unspecified atom stereocenters. The van der Waals surface area contributed by atoms with E-state index in [-0.39, 0.29) is 11.8 Å². The van der Waals surface area contributed by atoms with E-state index in [1.807, 2.05) is 0 Å². The predicted octanol–water partition coefficient (Wildman–Crippen LogP) is 1.14. The Morgan fingerprint density at radius 2 is 1.70 bits per heavy atom. The fourth-order valence-electron chi connectivity index (χ4n) is 1.58. The van der Waals surface area contributed by atoms with Crippen LogP contribution in [0.2, 0.25) is 0 Å². The third-order valence-electron chi connectivity index (χ3n) is 2.66. The van der Waals surface area contributed by atoms with Crippen molar-refractivity contribution in [2.45, 2.75) is 39.5 Å². The lowest BCUT2D eigenvalue weighted by atomic mass is 10.2. The van der Waals surface area contributed by atoms with Gasteiger partial charge >= 0.3 is 0 Å². The summed E-state index contributed by atoms with van der Waals surface area (Å²) < 4.78 is 0. The molecule has 0 bridgehead atoms. The fraction of sp³-hybridized carbons (Fsp3) is 0.857. The second-order valence-corrected chi connectivity index (χ2v) is 5.80. The number of amides is 2. The smallest absolute Gasteiger partial charge is 0.229 e. The summed E-state index contributed by atoms with van der Waals surface area (Å²) in [7, 11) is 0. The molecule has 0 radical (unpaired) electrons. The summed E-state index contributed by atoms with van der Waals surface area (Å²) in [6.45, 7) is 7.07. The first-order valence-corrected chi connectivity index (χ1v) is 8.62. The van der Waals surface area contributed by atoms with Gasteiger partial charge in [-0.15, -0.1) is 0 Å². The van der Waals surface area contributed by atoms with E-state index in [4.69, 9.17) is 0 Å². The standard InChI is InChI=1S/C14H29N3O2S/c1-3-4-5-7-15-8-6-9-17-14(19)12-20-11-10-16-13(2)18/h15H,3-12H2,1-2H3,(H,16,18)(H,17,19). The molecule has 0 aliphatic heterocycles. The van der Waals surface area contributed by atoms with Gasteiger partial charge in [-0.25, -0.2) is 0 Å². The predicted molar refractivity (Wildman–Crippen MR) is 86.0 cm³/mol. The van der Waals surface area contributed by atoms with Crippen molar-refractivity contribution in [1.82, 2.24) is 16.0 Å². The van der Waals surface area contributed by atoms with Gasteiger partial charge in [-0.05, 0) is 25.9 Å². The minimum absolute atomic E-state index is 0.0264. The highest BCUT2D eigenvalue weighted by atomic mass is 32.2. The molecule has 6 heteroatoms. The first-order valence-electron chi connectivity index (χ1n) is 7.46. The summed E-state index contributed by atoms with van der Waals surface area (Å²) in [6.07, 6.45) is 4.72. The Morgan fingerprint density at radius 1 is 0.950 bits per heavy atom. The molecule has 0 aliphatic rings. The zero-order chi connectivity index (χ0) is 15.1. The lowest BCUT2D eigenvalue weighted by molar-refractivity contribution is -0.119. The number of hydrogen-bond donors (Lipinski definition) is 3. The molecule has 3 N–H and O–H groups in total. The Hall–Kier alpha value is -0.750. The first-order chi connectivity index (χ1) is 9.66. The van der Waals surface area contributed by atoms with Crippen molar-refractivity contribution in [2.24, 2.45) is 0 Å². The zero-order valence-electron chi connectivity index (χ0n) is 12.8. The number of rotatable bonds is 13. The highest BCUT2D eigenvalue weighted by Crippen LogP contribution is 1.97. The molecule has 20 heavy (non-hydrogen) atoms. The first kappa shape index (κ1) is 19.2. The second kappa shape index (κ2) is 14.7. The van der Waals surface area contributed by atoms with Crippen molar-refractivity contribution in [3.05, 3.63) is 0 Å². The Morgan fingerprint density at radius 3 is 2.40 bits per heavy atom. The molecule has 0 aliphatic carbocycles. The molecule has 0 saturated carbocycles. The molecule has 0 aromatic carbocycles. The van der Waals surface area contributed by atoms with E-state index >= 15 is 0 Å². The Balaban J connectivity index is 3.18. The molecule has 0 aromatic heterocycles. The van der Waals surface area contributed by atoms with Crippen molar-refractivity contribution in [2.75, 3.05) is 37.7 Å². The van der Waals surface area contributed by atoms with Crippen LogP contribution in [0.25, 0.3) is 0 Å². The molecular weight excluding hydrogens is 274 g/mol. The van der Waals surface area contributed by atoms with Gasteiger partial charge in [-0.2, -0.15) is 11.8 Å². The normalized spacial score (nSPS) is 10.3. The quantitative estimate of drug-likeness (QED) is 0.446. The van der Waals surface area contributed by atoms with Crippen LogP contribution in [0.5, 0.6) is 0 Å². The minimum Gasteiger partial charge on any atom is -0.356 e. The van der Waals surface area contributed by atoms with E-state index in [1.165, 1.54) is 37.9 Å². The number of nitrogens with one attached hydrogen (secondary N) is 3. The van der Waals surface area contributed by atoms with Gasteiger partial charge in [0.15, 0.2) is 0 Å². The Labute approximate surface area is 127 Å². The van der Waals surface area contributed by atoms with Crippen LogP contribution in [0, 0.1) is 0 Å². The van der Waals surface area contributed by atoms with Crippen LogP contribution in [-0.2, 0) is 9.59 Å². The summed E-state index contributed by atoms with van der Waals surface area (Å²) in [5.41, 5.74) is 0. The molecule has 0 atom stereocenters. The molecule has 0 fully saturated rings. The minimum atomic E-state index is -0.0264. The van der Waals surface area contributed by atoms with Gasteiger partial charge in [0.05, 0.1) is 5.75 Å². The van der Waals surface area contributed by atoms with Gasteiger partial charge in [0.1, 0.15) is 0 Å². The van der Waals surface area contributed by atoms with Crippen LogP contribution in [0.4, 0.5) is 0 Å². The summed E-state index contributed by atoms with van der Waals surface area (Å²) >= 11 is 1.54. The average Bonchev–Trinajstić information content (AvgIpc) is 2.41. The van der Waals surface area contributed by atoms with Crippen LogP contribution >= 0.6 is 11.8 Å². The molecule has 0 heterocycles. The van der Waals surface area contributed by atoms with Crippen LogP contribution in [0.1, 0.15) is 39.5 Å². The fourth-order valence-corrected chi connectivity index (χ4v) is 2.26. The van der Waals surface area contributed by atoms with E-state index in [2.05, 4.69) is 22.9 Å². The molecular formula is C14H29N3O2S. The lowest BCUT2D eigenvalue weighted by Gasteiger charge is -2.06. The molecule has 0 rings (SSSR count). The maximum atomic E-state index is 11.5. The van der Waals surface area contributed by atoms with Crippen LogP contribution in [0.15, 0.2) is 0 Å². The molecule has 0 aromatic rings. The molecule has 2 amide bonds. The third kappa shape index (κ3) is 15.3. The monoisotopic (exact) mass is 303 g/mol. The summed E-state index contributed by atoms with van der Waals surface area (Å²) in [5.74, 6) is 1.28. The number of thioether (sulfide) groups is 1. The lowest BCUT2D eigenvalue weighted by Crippen LogP contribution is -2.29. The van der Waals surface area contributed by atoms with E-state index in [9.17, 15) is 9.59 Å². The van der Waals surface area contributed by atoms with Crippen molar-refractivity contribution < 1.29 is 9.59 Å². The van der Waals surface area contributed by atoms with Crippen molar-refractivity contribution in [1.29, 1.82) is 0 Å². The van der Waals surface area contributed by atoms with Gasteiger partial charge in [0.25, 0.3) is 0 Å². The highest BCUT2D eigenvalue weighted by molar-refractivity contribution is 7.99. The van der Waals surface area contributed by atoms with E-state index in [0.29, 0.717) is 12.3 Å². The van der Waals surface area contributed by atoms with Crippen molar-refractivity contribution in [3.8, 4) is 0 Å². The molecule has 5 nitrogen and oxygen atoms in total. The second-order valence-electron chi connectivity index (χ2n) is 4.70. The number of hydrogen-bond acceptors (Lipinski definition) is 4. The SMILES string of the molecule is CCCCCNCCCNC(=O)CSCCNC(C)=O. The van der Waals surface area contributed by atoms with Gasteiger partial charge in [-0.1, -0.05) is 19.8 Å². The molecule has 118 valence electrons. The topological polar surface area (TPSA) is 70.2 Å². The molecule has 0 saturated heterocycles. The summed E-state index contributed by atoms with van der Waals surface area (Å²) in [5, 5.41) is 8.97. The number of carbonyl (C=O) groups excluding carboxylic acids is 2. The summed E-state index contributed by atoms with van der Waals surface area (Å²) in [6, 6.07) is 0. The summed E-state index contributed by atoms with van der Waals surface area (Å²) in [4.78, 5) is 22.1. The Kier molecular flexibility index (Phi) is 14.1. The van der Waals surface area contributed by atoms with Gasteiger partial charge in [0, 0.05) is 25.8 Å². The number of carbonyl (C=O) groups is 2. The van der Waals surface area contributed by atoms with Crippen molar-refractivity contribution in [3.63, 3.8) is 0 Å². The van der Waals surface area contributed by atoms with E-state index in [0.717, 1.165) is 31.8 Å². The van der Waals surface area contributed by atoms with Gasteiger partial charge < -0.3 is 16.0 Å². The van der Waals surface area contributed by atoms with E-state index < -0.39 is 0 Å². The number of unbranched alkanes of at least 4 members (excludes halogenated alkanes) is 2. The highest BCUT2D eigenvalue weighted by Gasteiger charge is 2.00. The Bertz CT molecular complexity index is 263. The molecule has 0 spiro atoms. The van der Waals surface area contributed by atoms with Crippen LogP contribution in [-0.4, -0.2) is 49.5 Å². The maximum Gasteiger partial charge on any atom is 0.229 e. The maximum absolute atomic E-state index is 11.5. The zero-order valence-corrected chi connectivity index (χ0v) is 13.6. The third-order valence-corrected chi connectivity index (χ3v) is 3.62. The van der Waals surface area contributed by atoms with Gasteiger partial charge in [-0.3, -0.25) is 9.59 Å². The average molecular weight is 303 g/mol. The van der Waals surface area contributed by atoms with E-state index in [1.54, 1.807) is 0 Å². The van der Waals surface area contributed by atoms with Crippen molar-refractivity contribution >= 4 is 23.6 Å².